The number of rotatable bonds is 8. The van der Waals surface area contributed by atoms with Crippen LogP contribution in [0, 0.1) is 0 Å². The molecule has 6 N–H and O–H groups in total. The third kappa shape index (κ3) is 8.90. The van der Waals surface area contributed by atoms with E-state index in [0.29, 0.717) is 0 Å². The zero-order valence-corrected chi connectivity index (χ0v) is 39.9. The second-order valence-electron chi connectivity index (χ2n) is 15.0. The largest absolute Gasteiger partial charge is 0.354 e. The summed E-state index contributed by atoms with van der Waals surface area (Å²) in [6.07, 6.45) is 6.13. The number of fused-ring (bicyclic) bond motifs is 8. The fourth-order valence-electron chi connectivity index (χ4n) is 7.76. The first-order valence-electron chi connectivity index (χ1n) is 19.1. The second-order valence-corrected chi connectivity index (χ2v) is 22.3. The summed E-state index contributed by atoms with van der Waals surface area (Å²) in [6, 6.07) is 20.1. The third-order valence-corrected chi connectivity index (χ3v) is 15.5. The molecule has 0 saturated carbocycles. The maximum absolute atomic E-state index is 12.5. The average molecular weight is 1070 g/mol. The molecule has 8 bridgehead atoms. The minimum absolute atomic E-state index is 0.000135. The molecule has 4 aromatic carbocycles. The maximum Gasteiger partial charge on any atom is 0.294 e. The van der Waals surface area contributed by atoms with Crippen molar-refractivity contribution in [1.82, 2.24) is 19.9 Å². The fourth-order valence-corrected chi connectivity index (χ4v) is 10.6. The lowest BCUT2D eigenvalue weighted by molar-refractivity contribution is 0.481. The van der Waals surface area contributed by atoms with Gasteiger partial charge >= 0.3 is 0 Å². The molecule has 2 aliphatic rings. The van der Waals surface area contributed by atoms with E-state index in [0.717, 1.165) is 48.5 Å². The number of H-pyrrole nitrogens is 2. The quantitative estimate of drug-likeness (QED) is 0.0773. The van der Waals surface area contributed by atoms with Crippen LogP contribution >= 0.6 is 46.4 Å². The van der Waals surface area contributed by atoms with Crippen molar-refractivity contribution in [2.75, 3.05) is 0 Å². The van der Waals surface area contributed by atoms with Gasteiger partial charge in [0.15, 0.2) is 0 Å². The second kappa shape index (κ2) is 17.1. The molecule has 5 heterocycles. The Balaban J connectivity index is 1.54. The number of aromatic nitrogens is 4. The van der Waals surface area contributed by atoms with Crippen molar-refractivity contribution < 1.29 is 51.9 Å². The van der Waals surface area contributed by atoms with Gasteiger partial charge in [-0.15, -0.1) is 0 Å². The van der Waals surface area contributed by atoms with Crippen molar-refractivity contribution >= 4 is 133 Å². The standard InChI is InChI=1S/C44H26Cl4N4O12S4/c45-29-5-1-21(65(53,54)55)17-25(29)41-33-9-11-35(49-33)42(26-18-22(66(56,57)58)2-6-30(26)46)37-13-15-39(51-37)44(28-20-24(68(62,63)64)4-8-32(28)48)40-16-14-38(52-40)43(36-12-10-34(41)50-36)27-19-23(67(59,60)61)3-7-31(27)47/h1-20,49,52H,(H,53,54,55)(H,56,57,58)(H,59,60,61)(H,62,63,64). The summed E-state index contributed by atoms with van der Waals surface area (Å²) in [5.41, 5.74) is 2.02. The van der Waals surface area contributed by atoms with Crippen LogP contribution in [0.1, 0.15) is 22.8 Å². The SMILES string of the molecule is O=S(=O)(O)c1ccc(Cl)c(-c2c3nc(c(-c4cc(S(=O)(=O)O)ccc4Cl)c4ccc([nH]4)c(-c4cc(S(=O)(=O)O)ccc4Cl)c4nc(c(-c5cc(S(=O)(=O)O)ccc5Cl)c5ccc2[nH]5)C=C4)C=C3)c1. The molecule has 0 aliphatic carbocycles. The number of benzene rings is 4. The fraction of sp³-hybridized carbons (Fsp3) is 0. The van der Waals surface area contributed by atoms with Crippen LogP contribution in [0.5, 0.6) is 0 Å². The van der Waals surface area contributed by atoms with Crippen LogP contribution in [0.4, 0.5) is 0 Å². The van der Waals surface area contributed by atoms with Gasteiger partial charge in [0, 0.05) is 86.7 Å². The minimum atomic E-state index is -4.81. The molecule has 0 spiro atoms. The van der Waals surface area contributed by atoms with E-state index < -0.39 is 60.1 Å². The lowest BCUT2D eigenvalue weighted by Gasteiger charge is -2.11. The minimum Gasteiger partial charge on any atom is -0.354 e. The van der Waals surface area contributed by atoms with E-state index in [1.54, 1.807) is 24.3 Å². The summed E-state index contributed by atoms with van der Waals surface area (Å²) in [4.78, 5) is 14.3. The van der Waals surface area contributed by atoms with Gasteiger partial charge in [-0.3, -0.25) is 18.2 Å². The van der Waals surface area contributed by atoms with Crippen molar-refractivity contribution in [2.45, 2.75) is 19.6 Å². The van der Waals surface area contributed by atoms with Gasteiger partial charge < -0.3 is 9.97 Å². The summed E-state index contributed by atoms with van der Waals surface area (Å²) in [7, 11) is -19.2. The Morgan fingerprint density at radius 1 is 0.338 bits per heavy atom. The van der Waals surface area contributed by atoms with Crippen LogP contribution in [-0.4, -0.2) is 71.8 Å². The Hall–Kier alpha value is -5.72. The topological polar surface area (TPSA) is 275 Å². The van der Waals surface area contributed by atoms with E-state index in [4.69, 9.17) is 56.4 Å². The Morgan fingerprint density at radius 3 is 0.735 bits per heavy atom. The van der Waals surface area contributed by atoms with Crippen LogP contribution in [-0.2, 0) is 40.5 Å². The number of nitrogens with zero attached hydrogens (tertiary/aromatic N) is 2. The summed E-state index contributed by atoms with van der Waals surface area (Å²) in [5.74, 6) is 0. The molecule has 68 heavy (non-hydrogen) atoms. The highest BCUT2D eigenvalue weighted by Gasteiger charge is 2.25. The van der Waals surface area contributed by atoms with E-state index in [2.05, 4.69) is 9.97 Å². The van der Waals surface area contributed by atoms with Crippen LogP contribution in [0.2, 0.25) is 20.1 Å². The van der Waals surface area contributed by atoms with Gasteiger partial charge in [0.25, 0.3) is 40.5 Å². The van der Waals surface area contributed by atoms with Crippen LogP contribution in [0.15, 0.2) is 117 Å². The van der Waals surface area contributed by atoms with Crippen LogP contribution < -0.4 is 0 Å². The van der Waals surface area contributed by atoms with Gasteiger partial charge in [-0.2, -0.15) is 33.7 Å². The molecule has 9 rings (SSSR count). The first kappa shape index (κ1) is 47.4. The summed E-state index contributed by atoms with van der Waals surface area (Å²) >= 11 is 27.2. The molecule has 0 atom stereocenters. The van der Waals surface area contributed by atoms with Gasteiger partial charge in [-0.25, -0.2) is 9.97 Å². The highest BCUT2D eigenvalue weighted by atomic mass is 35.5. The van der Waals surface area contributed by atoms with Gasteiger partial charge in [0.2, 0.25) is 0 Å². The van der Waals surface area contributed by atoms with Gasteiger partial charge in [-0.05, 0) is 121 Å². The normalized spacial score (nSPS) is 13.1. The van der Waals surface area contributed by atoms with E-state index >= 15 is 0 Å². The highest BCUT2D eigenvalue weighted by molar-refractivity contribution is 7.86. The monoisotopic (exact) mass is 1070 g/mol. The molecule has 0 amide bonds. The van der Waals surface area contributed by atoms with Crippen molar-refractivity contribution in [3.8, 4) is 44.5 Å². The third-order valence-electron chi connectivity index (χ3n) is 10.8. The van der Waals surface area contributed by atoms with Gasteiger partial charge in [0.05, 0.1) is 42.4 Å². The smallest absolute Gasteiger partial charge is 0.294 e. The van der Waals surface area contributed by atoms with E-state index in [1.165, 1.54) is 48.6 Å². The molecule has 0 saturated heterocycles. The summed E-state index contributed by atoms with van der Waals surface area (Å²) in [6.45, 7) is 0. The summed E-state index contributed by atoms with van der Waals surface area (Å²) < 4.78 is 141. The molecular formula is C44H26Cl4N4O12S4. The Kier molecular flexibility index (Phi) is 11.9. The van der Waals surface area contributed by atoms with Crippen molar-refractivity contribution in [3.05, 3.63) is 140 Å². The summed E-state index contributed by atoms with van der Waals surface area (Å²) in [5, 5.41) is -0.000541. The maximum atomic E-state index is 12.5. The van der Waals surface area contributed by atoms with E-state index in [1.807, 2.05) is 0 Å². The first-order chi connectivity index (χ1) is 31.9. The lowest BCUT2D eigenvalue weighted by atomic mass is 10.0. The molecule has 0 radical (unpaired) electrons. The number of aromatic amines is 2. The predicted octanol–water partition coefficient (Wildman–Crippen LogP) is 10.9. The Labute approximate surface area is 406 Å². The molecule has 346 valence electrons. The van der Waals surface area contributed by atoms with Crippen molar-refractivity contribution in [3.63, 3.8) is 0 Å². The van der Waals surface area contributed by atoms with Gasteiger partial charge in [-0.1, -0.05) is 46.4 Å². The Morgan fingerprint density at radius 2 is 0.544 bits per heavy atom. The number of hydrogen-bond acceptors (Lipinski definition) is 10. The molecule has 3 aromatic heterocycles. The van der Waals surface area contributed by atoms with Crippen molar-refractivity contribution in [2.24, 2.45) is 0 Å². The zero-order valence-electron chi connectivity index (χ0n) is 33.6. The van der Waals surface area contributed by atoms with Gasteiger partial charge in [0.1, 0.15) is 0 Å². The number of nitrogens with one attached hydrogen (secondary N) is 2. The first-order valence-corrected chi connectivity index (χ1v) is 26.4. The number of halogens is 4. The number of hydrogen-bond donors (Lipinski definition) is 6. The molecular weight excluding hydrogens is 1050 g/mol. The predicted molar refractivity (Wildman–Crippen MR) is 260 cm³/mol. The average Bonchev–Trinajstić information content (AvgIpc) is 4.10. The molecule has 0 fully saturated rings. The highest BCUT2D eigenvalue weighted by Crippen LogP contribution is 2.44. The molecule has 16 nitrogen and oxygen atoms in total. The van der Waals surface area contributed by atoms with Crippen LogP contribution in [0.3, 0.4) is 0 Å². The lowest BCUT2D eigenvalue weighted by Crippen LogP contribution is -1.99. The zero-order chi connectivity index (χ0) is 48.8. The Bertz CT molecular complexity index is 3580. The molecule has 2 aliphatic heterocycles. The van der Waals surface area contributed by atoms with Crippen LogP contribution in [0.25, 0.3) is 90.9 Å². The molecule has 24 heteroatoms. The molecule has 0 unspecified atom stereocenters. The molecule has 7 aromatic rings. The van der Waals surface area contributed by atoms with E-state index in [-0.39, 0.29) is 109 Å². The van der Waals surface area contributed by atoms with Crippen molar-refractivity contribution in [1.29, 1.82) is 0 Å². The van der Waals surface area contributed by atoms with E-state index in [9.17, 15) is 51.9 Å².